The summed E-state index contributed by atoms with van der Waals surface area (Å²) >= 11 is 0. The summed E-state index contributed by atoms with van der Waals surface area (Å²) in [6, 6.07) is 13.2. The molecule has 0 atom stereocenters. The molecule has 0 unspecified atom stereocenters. The van der Waals surface area contributed by atoms with Crippen molar-refractivity contribution in [2.24, 2.45) is 0 Å². The molecule has 1 aliphatic rings. The van der Waals surface area contributed by atoms with Crippen molar-refractivity contribution in [1.29, 1.82) is 0 Å². The molecule has 1 amide bonds. The molecule has 7 nitrogen and oxygen atoms in total. The van der Waals surface area contributed by atoms with E-state index in [9.17, 15) is 4.79 Å². The molecule has 2 aromatic carbocycles. The molecule has 1 aliphatic heterocycles. The molecule has 3 aromatic rings. The predicted molar refractivity (Wildman–Crippen MR) is 89.4 cm³/mol. The summed E-state index contributed by atoms with van der Waals surface area (Å²) in [6.45, 7) is 2.18. The number of rotatable bonds is 4. The second-order valence-corrected chi connectivity index (χ2v) is 5.69. The highest BCUT2D eigenvalue weighted by Gasteiger charge is 2.17. The Morgan fingerprint density at radius 3 is 2.88 bits per heavy atom. The van der Waals surface area contributed by atoms with Crippen LogP contribution in [0.4, 0.5) is 6.01 Å². The van der Waals surface area contributed by atoms with Crippen molar-refractivity contribution in [3.63, 3.8) is 0 Å². The van der Waals surface area contributed by atoms with E-state index in [2.05, 4.69) is 15.5 Å². The summed E-state index contributed by atoms with van der Waals surface area (Å²) in [5, 5.41) is 10.4. The maximum absolute atomic E-state index is 12.1. The topological polar surface area (TPSA) is 86.5 Å². The maximum atomic E-state index is 12.1. The number of carbonyl (C=O) groups excluding carboxylic acids is 1. The van der Waals surface area contributed by atoms with E-state index in [1.165, 1.54) is 0 Å². The van der Waals surface area contributed by atoms with E-state index in [4.69, 9.17) is 13.9 Å². The Kier molecular flexibility index (Phi) is 3.81. The number of aryl methyl sites for hydroxylation is 1. The fourth-order valence-electron chi connectivity index (χ4n) is 2.59. The monoisotopic (exact) mass is 337 g/mol. The molecule has 0 radical (unpaired) electrons. The van der Waals surface area contributed by atoms with Gasteiger partial charge in [-0.25, -0.2) is 0 Å². The van der Waals surface area contributed by atoms with Gasteiger partial charge < -0.3 is 13.9 Å². The third-order valence-electron chi connectivity index (χ3n) is 3.74. The normalized spacial score (nSPS) is 12.2. The first-order chi connectivity index (χ1) is 12.2. The number of nitrogens with one attached hydrogen (secondary N) is 1. The Labute approximate surface area is 143 Å². The highest BCUT2D eigenvalue weighted by molar-refractivity contribution is 5.90. The van der Waals surface area contributed by atoms with Gasteiger partial charge in [-0.15, -0.1) is 5.10 Å². The van der Waals surface area contributed by atoms with E-state index in [0.717, 1.165) is 11.1 Å². The average molecular weight is 337 g/mol. The molecule has 2 heterocycles. The van der Waals surface area contributed by atoms with Crippen LogP contribution in [0.1, 0.15) is 11.1 Å². The molecule has 0 bridgehead atoms. The van der Waals surface area contributed by atoms with Crippen LogP contribution < -0.4 is 14.8 Å². The van der Waals surface area contributed by atoms with Gasteiger partial charge >= 0.3 is 6.01 Å². The lowest BCUT2D eigenvalue weighted by atomic mass is 10.1. The zero-order valence-electron chi connectivity index (χ0n) is 13.5. The molecule has 0 saturated carbocycles. The largest absolute Gasteiger partial charge is 0.454 e. The second kappa shape index (κ2) is 6.27. The molecule has 0 saturated heterocycles. The number of benzene rings is 2. The first kappa shape index (κ1) is 15.2. The van der Waals surface area contributed by atoms with Gasteiger partial charge in [-0.1, -0.05) is 34.9 Å². The summed E-state index contributed by atoms with van der Waals surface area (Å²) in [5.41, 5.74) is 2.72. The van der Waals surface area contributed by atoms with Crippen LogP contribution in [0, 0.1) is 6.92 Å². The van der Waals surface area contributed by atoms with E-state index in [1.54, 1.807) is 18.2 Å². The molecule has 7 heteroatoms. The molecule has 4 rings (SSSR count). The van der Waals surface area contributed by atoms with E-state index in [-0.39, 0.29) is 25.1 Å². The molecule has 126 valence electrons. The van der Waals surface area contributed by atoms with Gasteiger partial charge in [0, 0.05) is 5.56 Å². The van der Waals surface area contributed by atoms with Crippen LogP contribution in [0.2, 0.25) is 0 Å². The number of carbonyl (C=O) groups is 1. The molecule has 0 aliphatic carbocycles. The summed E-state index contributed by atoms with van der Waals surface area (Å²) < 4.78 is 16.1. The number of hydrogen-bond acceptors (Lipinski definition) is 6. The number of hydrogen-bond donors (Lipinski definition) is 1. The molecule has 0 spiro atoms. The first-order valence-electron chi connectivity index (χ1n) is 7.76. The molecule has 25 heavy (non-hydrogen) atoms. The van der Waals surface area contributed by atoms with Gasteiger partial charge in [0.1, 0.15) is 0 Å². The van der Waals surface area contributed by atoms with Crippen LogP contribution in [-0.2, 0) is 11.2 Å². The Morgan fingerprint density at radius 2 is 2.00 bits per heavy atom. The molecule has 0 fully saturated rings. The lowest BCUT2D eigenvalue weighted by Gasteiger charge is -2.02. The predicted octanol–water partition coefficient (Wildman–Crippen LogP) is 2.95. The van der Waals surface area contributed by atoms with Gasteiger partial charge in [0.2, 0.25) is 18.6 Å². The van der Waals surface area contributed by atoms with Crippen LogP contribution >= 0.6 is 0 Å². The highest BCUT2D eigenvalue weighted by Crippen LogP contribution is 2.35. The van der Waals surface area contributed by atoms with Gasteiger partial charge in [0.15, 0.2) is 11.5 Å². The van der Waals surface area contributed by atoms with Gasteiger partial charge in [0.05, 0.1) is 6.42 Å². The summed E-state index contributed by atoms with van der Waals surface area (Å²) in [6.07, 6.45) is 0.240. The number of amides is 1. The lowest BCUT2D eigenvalue weighted by molar-refractivity contribution is -0.115. The Balaban J connectivity index is 1.45. The van der Waals surface area contributed by atoms with Crippen molar-refractivity contribution < 1.29 is 18.7 Å². The zero-order chi connectivity index (χ0) is 17.2. The van der Waals surface area contributed by atoms with E-state index in [1.807, 2.05) is 31.2 Å². The third-order valence-corrected chi connectivity index (χ3v) is 3.74. The van der Waals surface area contributed by atoms with Crippen molar-refractivity contribution in [3.8, 4) is 23.0 Å². The summed E-state index contributed by atoms with van der Waals surface area (Å²) in [7, 11) is 0. The number of aromatic nitrogens is 2. The van der Waals surface area contributed by atoms with Crippen LogP contribution in [-0.4, -0.2) is 22.9 Å². The molecular formula is C18H15N3O4. The third kappa shape index (κ3) is 3.30. The minimum Gasteiger partial charge on any atom is -0.454 e. The molecule has 1 N–H and O–H groups in total. The van der Waals surface area contributed by atoms with Crippen LogP contribution in [0.3, 0.4) is 0 Å². The van der Waals surface area contributed by atoms with E-state index < -0.39 is 0 Å². The molecule has 1 aromatic heterocycles. The Hall–Kier alpha value is -3.35. The quantitative estimate of drug-likeness (QED) is 0.788. The maximum Gasteiger partial charge on any atom is 0.322 e. The van der Waals surface area contributed by atoms with Gasteiger partial charge in [0.25, 0.3) is 0 Å². The lowest BCUT2D eigenvalue weighted by Crippen LogP contribution is -2.14. The number of fused-ring (bicyclic) bond motifs is 1. The smallest absolute Gasteiger partial charge is 0.322 e. The van der Waals surface area contributed by atoms with Crippen molar-refractivity contribution >= 4 is 11.9 Å². The average Bonchev–Trinajstić information content (AvgIpc) is 3.23. The first-order valence-corrected chi connectivity index (χ1v) is 7.76. The van der Waals surface area contributed by atoms with Gasteiger partial charge in [-0.05, 0) is 30.7 Å². The molecular weight excluding hydrogens is 322 g/mol. The highest BCUT2D eigenvalue weighted by atomic mass is 16.7. The number of anilines is 1. The minimum atomic E-state index is -0.216. The van der Waals surface area contributed by atoms with Crippen molar-refractivity contribution in [1.82, 2.24) is 10.2 Å². The standard InChI is InChI=1S/C18H15N3O4/c1-11-3-2-4-12(7-11)8-16(22)19-18-21-20-17(25-18)13-5-6-14-15(9-13)24-10-23-14/h2-7,9H,8,10H2,1H3,(H,19,21,22). The minimum absolute atomic E-state index is 0.0605. The van der Waals surface area contributed by atoms with Crippen LogP contribution in [0.5, 0.6) is 11.5 Å². The fraction of sp³-hybridized carbons (Fsp3) is 0.167. The summed E-state index contributed by atoms with van der Waals surface area (Å²) in [5.74, 6) is 1.38. The number of nitrogens with zero attached hydrogens (tertiary/aromatic N) is 2. The van der Waals surface area contributed by atoms with E-state index in [0.29, 0.717) is 23.0 Å². The Bertz CT molecular complexity index is 936. The van der Waals surface area contributed by atoms with Gasteiger partial charge in [-0.3, -0.25) is 10.1 Å². The zero-order valence-corrected chi connectivity index (χ0v) is 13.5. The number of ether oxygens (including phenoxy) is 2. The van der Waals surface area contributed by atoms with Gasteiger partial charge in [-0.2, -0.15) is 0 Å². The van der Waals surface area contributed by atoms with Crippen molar-refractivity contribution in [3.05, 3.63) is 53.6 Å². The Morgan fingerprint density at radius 1 is 1.12 bits per heavy atom. The summed E-state index contributed by atoms with van der Waals surface area (Å²) in [4.78, 5) is 12.1. The van der Waals surface area contributed by atoms with Crippen LogP contribution in [0.15, 0.2) is 46.9 Å². The fourth-order valence-corrected chi connectivity index (χ4v) is 2.59. The SMILES string of the molecule is Cc1cccc(CC(=O)Nc2nnc(-c3ccc4c(c3)OCO4)o2)c1. The van der Waals surface area contributed by atoms with Crippen molar-refractivity contribution in [2.45, 2.75) is 13.3 Å². The van der Waals surface area contributed by atoms with E-state index >= 15 is 0 Å². The van der Waals surface area contributed by atoms with Crippen molar-refractivity contribution in [2.75, 3.05) is 12.1 Å². The second-order valence-electron chi connectivity index (χ2n) is 5.69. The van der Waals surface area contributed by atoms with Crippen LogP contribution in [0.25, 0.3) is 11.5 Å².